The lowest BCUT2D eigenvalue weighted by Crippen LogP contribution is -2.12. The molecule has 2 aromatic carbocycles. The molecule has 0 bridgehead atoms. The van der Waals surface area contributed by atoms with Crippen LogP contribution in [0.3, 0.4) is 0 Å². The molecule has 21 heavy (non-hydrogen) atoms. The molecule has 102 valence electrons. The summed E-state index contributed by atoms with van der Waals surface area (Å²) >= 11 is 0. The van der Waals surface area contributed by atoms with Gasteiger partial charge in [-0.05, 0) is 21.6 Å². The number of benzene rings is 2. The number of nitrogens with zero attached hydrogens (tertiary/aromatic N) is 5. The van der Waals surface area contributed by atoms with E-state index < -0.39 is 0 Å². The van der Waals surface area contributed by atoms with Crippen molar-refractivity contribution in [1.29, 1.82) is 5.26 Å². The van der Waals surface area contributed by atoms with E-state index in [-0.39, 0.29) is 12.5 Å². The zero-order valence-electron chi connectivity index (χ0n) is 11.3. The fourth-order valence-electron chi connectivity index (χ4n) is 2.38. The predicted molar refractivity (Wildman–Crippen MR) is 77.3 cm³/mol. The fraction of sp³-hybridized carbons (Fsp3) is 0.125. The summed E-state index contributed by atoms with van der Waals surface area (Å²) in [7, 11) is 0. The van der Waals surface area contributed by atoms with Crippen LogP contribution in [0.5, 0.6) is 0 Å². The summed E-state index contributed by atoms with van der Waals surface area (Å²) in [4.78, 5) is 0. The Hall–Kier alpha value is -3.00. The monoisotopic (exact) mass is 275 g/mol. The molecule has 0 atom stereocenters. The molecule has 0 amide bonds. The van der Waals surface area contributed by atoms with Crippen LogP contribution in [0.15, 0.2) is 60.7 Å². The second-order valence-corrected chi connectivity index (χ2v) is 4.61. The van der Waals surface area contributed by atoms with Gasteiger partial charge in [0, 0.05) is 0 Å². The highest BCUT2D eigenvalue weighted by Gasteiger charge is 2.22. The van der Waals surface area contributed by atoms with E-state index in [0.29, 0.717) is 5.82 Å². The molecule has 0 radical (unpaired) electrons. The quantitative estimate of drug-likeness (QED) is 0.733. The maximum Gasteiger partial charge on any atom is 0.164 e. The van der Waals surface area contributed by atoms with Gasteiger partial charge in [-0.1, -0.05) is 60.7 Å². The highest BCUT2D eigenvalue weighted by atomic mass is 15.5. The van der Waals surface area contributed by atoms with Gasteiger partial charge in [0.25, 0.3) is 0 Å². The summed E-state index contributed by atoms with van der Waals surface area (Å²) in [5.41, 5.74) is 2.19. The van der Waals surface area contributed by atoms with Gasteiger partial charge in [0.15, 0.2) is 5.82 Å². The van der Waals surface area contributed by atoms with Gasteiger partial charge < -0.3 is 0 Å². The molecule has 1 heterocycles. The van der Waals surface area contributed by atoms with E-state index in [0.717, 1.165) is 11.1 Å². The topological polar surface area (TPSA) is 67.4 Å². The second kappa shape index (κ2) is 5.97. The first kappa shape index (κ1) is 13.0. The van der Waals surface area contributed by atoms with E-state index in [2.05, 4.69) is 21.6 Å². The summed E-state index contributed by atoms with van der Waals surface area (Å²) in [6.45, 7) is 0.137. The summed E-state index contributed by atoms with van der Waals surface area (Å²) in [6.07, 6.45) is 0. The van der Waals surface area contributed by atoms with E-state index in [1.165, 1.54) is 0 Å². The minimum atomic E-state index is -0.0873. The van der Waals surface area contributed by atoms with Gasteiger partial charge in [0.05, 0.1) is 12.0 Å². The van der Waals surface area contributed by atoms with Crippen LogP contribution in [-0.2, 0) is 6.54 Å². The Morgan fingerprint density at radius 2 is 1.52 bits per heavy atom. The first-order valence-corrected chi connectivity index (χ1v) is 6.63. The zero-order chi connectivity index (χ0) is 14.5. The molecule has 0 aliphatic rings. The molecule has 0 fully saturated rings. The van der Waals surface area contributed by atoms with Crippen molar-refractivity contribution in [1.82, 2.24) is 20.2 Å². The van der Waals surface area contributed by atoms with Gasteiger partial charge in [0.1, 0.15) is 6.54 Å². The lowest BCUT2D eigenvalue weighted by molar-refractivity contribution is 0.628. The van der Waals surface area contributed by atoms with Crippen LogP contribution < -0.4 is 0 Å². The summed E-state index contributed by atoms with van der Waals surface area (Å²) < 4.78 is 1.55. The molecule has 3 aromatic rings. The normalized spacial score (nSPS) is 10.5. The van der Waals surface area contributed by atoms with Crippen LogP contribution in [0.25, 0.3) is 0 Å². The van der Waals surface area contributed by atoms with Crippen LogP contribution in [-0.4, -0.2) is 20.2 Å². The molecule has 3 rings (SSSR count). The SMILES string of the molecule is N#CCn1nnnc1C(c1ccccc1)c1ccccc1. The van der Waals surface area contributed by atoms with Gasteiger partial charge in [0.2, 0.25) is 0 Å². The van der Waals surface area contributed by atoms with Gasteiger partial charge >= 0.3 is 0 Å². The number of aromatic nitrogens is 4. The maximum absolute atomic E-state index is 8.92. The first-order chi connectivity index (χ1) is 10.4. The minimum absolute atomic E-state index is 0.0873. The molecular weight excluding hydrogens is 262 g/mol. The van der Waals surface area contributed by atoms with Crippen molar-refractivity contribution in [2.24, 2.45) is 0 Å². The summed E-state index contributed by atoms with van der Waals surface area (Å²) in [5.74, 6) is 0.588. The average Bonchev–Trinajstić information content (AvgIpc) is 2.98. The van der Waals surface area contributed by atoms with Crippen LogP contribution in [0, 0.1) is 11.3 Å². The molecule has 1 aromatic heterocycles. The van der Waals surface area contributed by atoms with E-state index >= 15 is 0 Å². The van der Waals surface area contributed by atoms with Crippen LogP contribution in [0.4, 0.5) is 0 Å². The Kier molecular flexibility index (Phi) is 3.70. The highest BCUT2D eigenvalue weighted by molar-refractivity contribution is 5.38. The number of tetrazole rings is 1. The van der Waals surface area contributed by atoms with E-state index in [1.54, 1.807) is 4.68 Å². The third kappa shape index (κ3) is 2.65. The van der Waals surface area contributed by atoms with Crippen LogP contribution >= 0.6 is 0 Å². The Balaban J connectivity index is 2.13. The lowest BCUT2D eigenvalue weighted by Gasteiger charge is -2.16. The number of nitriles is 1. The average molecular weight is 275 g/mol. The van der Waals surface area contributed by atoms with Gasteiger partial charge in [-0.15, -0.1) is 5.10 Å². The van der Waals surface area contributed by atoms with Gasteiger partial charge in [-0.25, -0.2) is 4.68 Å². The van der Waals surface area contributed by atoms with Crippen molar-refractivity contribution in [3.05, 3.63) is 77.6 Å². The largest absolute Gasteiger partial charge is 0.214 e. The molecular formula is C16H13N5. The smallest absolute Gasteiger partial charge is 0.164 e. The van der Waals surface area contributed by atoms with Crippen molar-refractivity contribution in [2.45, 2.75) is 12.5 Å². The van der Waals surface area contributed by atoms with E-state index in [1.807, 2.05) is 60.7 Å². The Morgan fingerprint density at radius 3 is 2.05 bits per heavy atom. The fourth-order valence-corrected chi connectivity index (χ4v) is 2.38. The van der Waals surface area contributed by atoms with Crippen molar-refractivity contribution in [2.75, 3.05) is 0 Å². The van der Waals surface area contributed by atoms with Crippen LogP contribution in [0.2, 0.25) is 0 Å². The Morgan fingerprint density at radius 1 is 0.952 bits per heavy atom. The number of rotatable bonds is 4. The highest BCUT2D eigenvalue weighted by Crippen LogP contribution is 2.29. The molecule has 0 unspecified atom stereocenters. The third-order valence-corrected chi connectivity index (χ3v) is 3.30. The molecule has 0 N–H and O–H groups in total. The second-order valence-electron chi connectivity index (χ2n) is 4.61. The Labute approximate surface area is 122 Å². The van der Waals surface area contributed by atoms with E-state index in [4.69, 9.17) is 5.26 Å². The maximum atomic E-state index is 8.92. The summed E-state index contributed by atoms with van der Waals surface area (Å²) in [6, 6.07) is 22.2. The first-order valence-electron chi connectivity index (χ1n) is 6.63. The number of hydrogen-bond donors (Lipinski definition) is 0. The zero-order valence-corrected chi connectivity index (χ0v) is 11.3. The summed E-state index contributed by atoms with van der Waals surface area (Å²) in [5, 5.41) is 20.7. The van der Waals surface area contributed by atoms with Crippen molar-refractivity contribution in [3.63, 3.8) is 0 Å². The standard InChI is InChI=1S/C16H13N5/c17-11-12-21-16(18-19-20-21)15(13-7-3-1-4-8-13)14-9-5-2-6-10-14/h1-10,15H,12H2. The van der Waals surface area contributed by atoms with Crippen molar-refractivity contribution >= 4 is 0 Å². The third-order valence-electron chi connectivity index (χ3n) is 3.30. The Bertz CT molecular complexity index is 704. The molecule has 0 saturated carbocycles. The van der Waals surface area contributed by atoms with Crippen LogP contribution in [0.1, 0.15) is 22.9 Å². The minimum Gasteiger partial charge on any atom is -0.214 e. The van der Waals surface area contributed by atoms with E-state index in [9.17, 15) is 0 Å². The van der Waals surface area contributed by atoms with Crippen molar-refractivity contribution < 1.29 is 0 Å². The lowest BCUT2D eigenvalue weighted by atomic mass is 9.90. The van der Waals surface area contributed by atoms with Gasteiger partial charge in [-0.3, -0.25) is 0 Å². The molecule has 0 saturated heterocycles. The molecule has 5 nitrogen and oxygen atoms in total. The molecule has 5 heteroatoms. The molecule has 0 aliphatic carbocycles. The molecule has 0 aliphatic heterocycles. The predicted octanol–water partition coefficient (Wildman–Crippen LogP) is 2.38. The van der Waals surface area contributed by atoms with Gasteiger partial charge in [-0.2, -0.15) is 5.26 Å². The molecule has 0 spiro atoms. The number of hydrogen-bond acceptors (Lipinski definition) is 4. The van der Waals surface area contributed by atoms with Crippen molar-refractivity contribution in [3.8, 4) is 6.07 Å².